The van der Waals surface area contributed by atoms with Gasteiger partial charge in [0.1, 0.15) is 23.1 Å². The molecule has 1 aliphatic heterocycles. The van der Waals surface area contributed by atoms with Crippen molar-refractivity contribution in [1.82, 2.24) is 4.57 Å². The zero-order chi connectivity index (χ0) is 29.0. The van der Waals surface area contributed by atoms with Crippen LogP contribution in [0.5, 0.6) is 5.75 Å². The number of halogens is 1. The first-order valence-corrected chi connectivity index (χ1v) is 14.0. The Bertz CT molecular complexity index is 2110. The van der Waals surface area contributed by atoms with Crippen LogP contribution in [-0.4, -0.2) is 16.6 Å². The minimum Gasteiger partial charge on any atom is -0.496 e. The van der Waals surface area contributed by atoms with E-state index in [0.717, 1.165) is 35.2 Å². The summed E-state index contributed by atoms with van der Waals surface area (Å²) >= 11 is 1.25. The fourth-order valence-corrected chi connectivity index (χ4v) is 6.65. The molecule has 0 radical (unpaired) electrons. The first-order valence-electron chi connectivity index (χ1n) is 13.2. The zero-order valence-corrected chi connectivity index (χ0v) is 23.1. The zero-order valence-electron chi connectivity index (χ0n) is 22.2. The lowest BCUT2D eigenvalue weighted by Gasteiger charge is -2.30. The molecule has 1 atom stereocenters. The number of non-ortho nitro benzene ring substituents is 1. The van der Waals surface area contributed by atoms with Crippen molar-refractivity contribution in [3.05, 3.63) is 143 Å². The minimum absolute atomic E-state index is 0.0941. The standard InChI is InChI=1S/C32H22FN3O5S/c1-40-26-14-11-21(36(38)39)16-25(26)27-15-12-22(41-27)17-28-31(37)35-30(19-6-9-20(33)10-7-19)24-13-8-18-4-2-3-5-23(18)29(24)34-32(35)42-28/h2-7,9-12,14-17,30H,8,13H2,1H3/b28-17+/t30-/m0/s1. The molecule has 0 N–H and O–H groups in total. The summed E-state index contributed by atoms with van der Waals surface area (Å²) in [5.74, 6) is 0.844. The molecule has 3 heterocycles. The van der Waals surface area contributed by atoms with Crippen LogP contribution in [0.3, 0.4) is 0 Å². The van der Waals surface area contributed by atoms with Crippen molar-refractivity contribution in [2.45, 2.75) is 18.9 Å². The Labute approximate surface area is 242 Å². The van der Waals surface area contributed by atoms with Crippen molar-refractivity contribution < 1.29 is 18.5 Å². The average molecular weight is 580 g/mol. The first-order chi connectivity index (χ1) is 20.4. The molecule has 5 aromatic rings. The number of aryl methyl sites for hydroxylation is 1. The van der Waals surface area contributed by atoms with Gasteiger partial charge in [-0.15, -0.1) is 0 Å². The molecule has 0 bridgehead atoms. The van der Waals surface area contributed by atoms with E-state index in [1.165, 1.54) is 54.3 Å². The number of nitrogens with zero attached hydrogens (tertiary/aromatic N) is 3. The number of nitro benzene ring substituents is 1. The number of rotatable bonds is 5. The molecule has 0 spiro atoms. The third kappa shape index (κ3) is 4.27. The SMILES string of the molecule is COc1ccc([N+](=O)[O-])cc1-c1ccc(/C=c2/sc3n(c2=O)[C@@H](c2ccc(F)cc2)C2=C(N=3)c3ccccc3CC2)o1. The molecule has 1 aliphatic carbocycles. The number of hydrogen-bond acceptors (Lipinski definition) is 7. The van der Waals surface area contributed by atoms with Crippen LogP contribution in [-0.2, 0) is 6.42 Å². The number of nitro groups is 1. The summed E-state index contributed by atoms with van der Waals surface area (Å²) in [5, 5.41) is 11.3. The Balaban J connectivity index is 1.37. The number of methoxy groups -OCH3 is 1. The predicted molar refractivity (Wildman–Crippen MR) is 156 cm³/mol. The number of hydrogen-bond donors (Lipinski definition) is 0. The highest BCUT2D eigenvalue weighted by atomic mass is 32.1. The maximum absolute atomic E-state index is 13.9. The van der Waals surface area contributed by atoms with Crippen LogP contribution in [0.4, 0.5) is 10.1 Å². The fraction of sp³-hybridized carbons (Fsp3) is 0.125. The second kappa shape index (κ2) is 10.1. The van der Waals surface area contributed by atoms with Crippen molar-refractivity contribution in [1.29, 1.82) is 0 Å². The molecule has 2 aromatic heterocycles. The van der Waals surface area contributed by atoms with Gasteiger partial charge in [-0.05, 0) is 59.9 Å². The summed E-state index contributed by atoms with van der Waals surface area (Å²) in [6.07, 6.45) is 3.20. The summed E-state index contributed by atoms with van der Waals surface area (Å²) in [4.78, 5) is 30.3. The van der Waals surface area contributed by atoms with E-state index in [1.54, 1.807) is 34.9 Å². The molecular formula is C32H22FN3O5S. The molecular weight excluding hydrogens is 557 g/mol. The lowest BCUT2D eigenvalue weighted by molar-refractivity contribution is -0.384. The molecule has 2 aliphatic rings. The number of aromatic nitrogens is 1. The summed E-state index contributed by atoms with van der Waals surface area (Å²) < 4.78 is 27.4. The van der Waals surface area contributed by atoms with E-state index in [-0.39, 0.29) is 17.1 Å². The smallest absolute Gasteiger partial charge is 0.271 e. The van der Waals surface area contributed by atoms with Crippen LogP contribution < -0.4 is 19.6 Å². The number of benzene rings is 3. The summed E-state index contributed by atoms with van der Waals surface area (Å²) in [6, 6.07) is 21.6. The lowest BCUT2D eigenvalue weighted by Crippen LogP contribution is -2.38. The van der Waals surface area contributed by atoms with Gasteiger partial charge in [-0.2, -0.15) is 0 Å². The molecule has 0 saturated heterocycles. The Morgan fingerprint density at radius 1 is 1.07 bits per heavy atom. The summed E-state index contributed by atoms with van der Waals surface area (Å²) in [7, 11) is 1.48. The molecule has 10 heteroatoms. The van der Waals surface area contributed by atoms with Crippen molar-refractivity contribution in [3.63, 3.8) is 0 Å². The molecule has 0 amide bonds. The second-order valence-electron chi connectivity index (χ2n) is 10.0. The van der Waals surface area contributed by atoms with Crippen molar-refractivity contribution >= 4 is 28.8 Å². The molecule has 0 unspecified atom stereocenters. The van der Waals surface area contributed by atoms with Crippen LogP contribution in [0.2, 0.25) is 0 Å². The van der Waals surface area contributed by atoms with Gasteiger partial charge >= 0.3 is 0 Å². The highest BCUT2D eigenvalue weighted by molar-refractivity contribution is 7.07. The Kier molecular flexibility index (Phi) is 6.20. The lowest BCUT2D eigenvalue weighted by atomic mass is 9.83. The van der Waals surface area contributed by atoms with Gasteiger partial charge in [-0.3, -0.25) is 19.5 Å². The van der Waals surface area contributed by atoms with Gasteiger partial charge < -0.3 is 9.15 Å². The van der Waals surface area contributed by atoms with E-state index in [0.29, 0.717) is 32.2 Å². The quantitative estimate of drug-likeness (QED) is 0.198. The highest BCUT2D eigenvalue weighted by Gasteiger charge is 2.32. The largest absolute Gasteiger partial charge is 0.496 e. The number of ether oxygens (including phenoxy) is 1. The molecule has 208 valence electrons. The predicted octanol–water partition coefficient (Wildman–Crippen LogP) is 5.63. The van der Waals surface area contributed by atoms with Crippen LogP contribution in [0.1, 0.15) is 34.9 Å². The average Bonchev–Trinajstić information content (AvgIpc) is 3.60. The van der Waals surface area contributed by atoms with Gasteiger partial charge in [-0.1, -0.05) is 47.7 Å². The van der Waals surface area contributed by atoms with Gasteiger partial charge in [0.2, 0.25) is 0 Å². The van der Waals surface area contributed by atoms with E-state index in [1.807, 2.05) is 12.1 Å². The third-order valence-corrected chi connectivity index (χ3v) is 8.60. The number of fused-ring (bicyclic) bond motifs is 3. The third-order valence-electron chi connectivity index (χ3n) is 7.62. The Hall–Kier alpha value is -5.09. The second-order valence-corrected chi connectivity index (χ2v) is 11.0. The van der Waals surface area contributed by atoms with Crippen molar-refractivity contribution in [2.75, 3.05) is 7.11 Å². The van der Waals surface area contributed by atoms with Crippen LogP contribution >= 0.6 is 11.3 Å². The van der Waals surface area contributed by atoms with E-state index >= 15 is 0 Å². The molecule has 7 rings (SSSR count). The van der Waals surface area contributed by atoms with E-state index in [2.05, 4.69) is 12.1 Å². The molecule has 8 nitrogen and oxygen atoms in total. The van der Waals surface area contributed by atoms with Crippen molar-refractivity contribution in [3.8, 4) is 17.1 Å². The van der Waals surface area contributed by atoms with Gasteiger partial charge in [0.05, 0.1) is 33.9 Å². The maximum Gasteiger partial charge on any atom is 0.271 e. The summed E-state index contributed by atoms with van der Waals surface area (Å²) in [6.45, 7) is 0. The van der Waals surface area contributed by atoms with Gasteiger partial charge in [0.25, 0.3) is 11.2 Å². The summed E-state index contributed by atoms with van der Waals surface area (Å²) in [5.41, 5.74) is 5.04. The molecule has 0 saturated carbocycles. The monoisotopic (exact) mass is 579 g/mol. The van der Waals surface area contributed by atoms with Crippen LogP contribution in [0.15, 0.2) is 98.6 Å². The number of allylic oxidation sites excluding steroid dienone is 1. The first kappa shape index (κ1) is 25.8. The van der Waals surface area contributed by atoms with E-state index < -0.39 is 11.0 Å². The normalized spacial score (nSPS) is 16.0. The number of furan rings is 1. The Morgan fingerprint density at radius 3 is 2.67 bits per heavy atom. The molecule has 0 fully saturated rings. The topological polar surface area (TPSA) is 99.9 Å². The van der Waals surface area contributed by atoms with E-state index in [4.69, 9.17) is 14.1 Å². The highest BCUT2D eigenvalue weighted by Crippen LogP contribution is 2.41. The number of thiazole rings is 1. The Morgan fingerprint density at radius 2 is 1.88 bits per heavy atom. The van der Waals surface area contributed by atoms with Gasteiger partial charge in [-0.25, -0.2) is 9.38 Å². The molecule has 3 aromatic carbocycles. The van der Waals surface area contributed by atoms with E-state index in [9.17, 15) is 19.3 Å². The fourth-order valence-electron chi connectivity index (χ4n) is 5.67. The van der Waals surface area contributed by atoms with Crippen LogP contribution in [0, 0.1) is 15.9 Å². The van der Waals surface area contributed by atoms with Gasteiger partial charge in [0.15, 0.2) is 4.80 Å². The molecule has 42 heavy (non-hydrogen) atoms. The maximum atomic E-state index is 13.9. The van der Waals surface area contributed by atoms with Gasteiger partial charge in [0, 0.05) is 23.8 Å². The minimum atomic E-state index is -0.483. The van der Waals surface area contributed by atoms with Crippen molar-refractivity contribution in [2.24, 2.45) is 4.99 Å². The van der Waals surface area contributed by atoms with Crippen LogP contribution in [0.25, 0.3) is 23.1 Å².